The number of Topliss-reactive ketones (excluding diaryl/α,β-unsaturated/α-hetero) is 1. The molecule has 0 bridgehead atoms. The van der Waals surface area contributed by atoms with Crippen LogP contribution < -0.4 is 30.1 Å². The maximum absolute atomic E-state index is 13.8. The largest absolute Gasteiger partial charge is 0.484 e. The number of sulfone groups is 1. The van der Waals surface area contributed by atoms with E-state index in [-0.39, 0.29) is 83.7 Å². The van der Waals surface area contributed by atoms with Gasteiger partial charge in [-0.2, -0.15) is 9.98 Å². The van der Waals surface area contributed by atoms with Crippen LogP contribution in [0.3, 0.4) is 0 Å². The van der Waals surface area contributed by atoms with Gasteiger partial charge in [-0.25, -0.2) is 26.5 Å². The zero-order valence-electron chi connectivity index (χ0n) is 54.6. The predicted octanol–water partition coefficient (Wildman–Crippen LogP) is 8.90. The average Bonchev–Trinajstić information content (AvgIpc) is 1.62. The van der Waals surface area contributed by atoms with Gasteiger partial charge in [-0.1, -0.05) is 42.5 Å². The van der Waals surface area contributed by atoms with Crippen LogP contribution in [0.2, 0.25) is 10.0 Å². The molecule has 4 heterocycles. The van der Waals surface area contributed by atoms with Gasteiger partial charge in [0.25, 0.3) is 0 Å². The second-order valence-electron chi connectivity index (χ2n) is 25.8. The second kappa shape index (κ2) is 34.9. The van der Waals surface area contributed by atoms with Gasteiger partial charge in [-0.15, -0.1) is 0 Å². The smallest absolute Gasteiger partial charge is 0.314 e. The van der Waals surface area contributed by atoms with Gasteiger partial charge in [0.15, 0.2) is 15.5 Å². The first-order chi connectivity index (χ1) is 46.5. The lowest BCUT2D eigenvalue weighted by atomic mass is 10.0. The zero-order valence-corrected chi connectivity index (χ0v) is 57.7. The Hall–Kier alpha value is -6.42. The van der Waals surface area contributed by atoms with Crippen LogP contribution in [0.15, 0.2) is 82.6 Å². The number of amides is 4. The number of fused-ring (bicyclic) bond motifs is 2. The molecule has 518 valence electrons. The van der Waals surface area contributed by atoms with Crippen LogP contribution >= 0.6 is 23.2 Å². The Bertz CT molecular complexity index is 3420. The van der Waals surface area contributed by atoms with Crippen molar-refractivity contribution < 1.29 is 55.0 Å². The molecular formula is C70H90Cl2N10O12S2. The van der Waals surface area contributed by atoms with Crippen molar-refractivity contribution in [2.45, 2.75) is 149 Å². The van der Waals surface area contributed by atoms with Crippen LogP contribution in [0.5, 0.6) is 11.5 Å². The Morgan fingerprint density at radius 1 is 0.635 bits per heavy atom. The maximum atomic E-state index is 13.8. The number of benzene rings is 4. The van der Waals surface area contributed by atoms with Gasteiger partial charge in [0, 0.05) is 94.9 Å². The van der Waals surface area contributed by atoms with E-state index in [0.29, 0.717) is 136 Å². The fraction of sp³-hybridized carbons (Fsp3) is 0.571. The third-order valence-corrected chi connectivity index (χ3v) is 23.0. The molecule has 2 unspecified atom stereocenters. The van der Waals surface area contributed by atoms with Crippen LogP contribution in [0.4, 0.5) is 10.5 Å². The van der Waals surface area contributed by atoms with Gasteiger partial charge >= 0.3 is 6.03 Å². The zero-order chi connectivity index (χ0) is 67.6. The summed E-state index contributed by atoms with van der Waals surface area (Å²) in [5.74, 6) is -0.421. The van der Waals surface area contributed by atoms with Crippen molar-refractivity contribution in [2.24, 2.45) is 5.92 Å². The number of nitrogens with zero attached hydrogens (tertiary/aromatic N) is 6. The van der Waals surface area contributed by atoms with E-state index in [1.807, 2.05) is 12.1 Å². The molecule has 6 aliphatic rings. The number of urea groups is 1. The van der Waals surface area contributed by atoms with E-state index in [0.717, 1.165) is 100 Å². The van der Waals surface area contributed by atoms with Crippen molar-refractivity contribution in [1.29, 1.82) is 5.26 Å². The summed E-state index contributed by atoms with van der Waals surface area (Å²) < 4.78 is 82.6. The van der Waals surface area contributed by atoms with E-state index in [4.69, 9.17) is 48.7 Å². The highest BCUT2D eigenvalue weighted by atomic mass is 35.5. The summed E-state index contributed by atoms with van der Waals surface area (Å²) >= 11 is 12.9. The molecular weight excluding hydrogens is 1310 g/mol. The van der Waals surface area contributed by atoms with Gasteiger partial charge in [0.2, 0.25) is 21.8 Å². The third-order valence-electron chi connectivity index (χ3n) is 19.3. The summed E-state index contributed by atoms with van der Waals surface area (Å²) in [6, 6.07) is 20.7. The molecule has 0 aromatic heterocycles. The number of piperazine rings is 1. The highest BCUT2D eigenvalue weighted by Gasteiger charge is 2.42. The van der Waals surface area contributed by atoms with Crippen molar-refractivity contribution in [2.75, 3.05) is 111 Å². The molecule has 4 saturated heterocycles. The molecule has 4 fully saturated rings. The van der Waals surface area contributed by atoms with Crippen molar-refractivity contribution in [3.63, 3.8) is 0 Å². The summed E-state index contributed by atoms with van der Waals surface area (Å²) in [4.78, 5) is 64.5. The number of ether oxygens (including phenoxy) is 4. The average molecular weight is 1400 g/mol. The summed E-state index contributed by atoms with van der Waals surface area (Å²) in [5, 5.41) is 19.8. The standard InChI is InChI=1S/C70H90Cl2N10O12S2/c1-74-63-44-52(72)43-61-59(63)46-65(79-29-8-3-9-30-79)67(61)94-54-17-21-56(22-18-54)95(87,88)48-49-13-5-10-31-81(68(49)84)35-40-92-38-28-77-70(86)76-25-7-2-4-14-53(83)15-12-37-91-39-36-82-32-11-6-16-62(69(82)85)78-96(89,90)57-23-19-55(20-24-57)93-66-60-42-51(71)41-50(47-73)58(60)45-64(66)80-33-26-75-27-34-80/h17-24,41-44,49,62,64-67,75,78H,2-16,25-40,45-46,48H2,(H2,76,77,86)/t49?,62?,64-,65-,66-,67-/m0/s1. The van der Waals surface area contributed by atoms with Gasteiger partial charge < -0.3 is 44.7 Å². The number of carbonyl (C=O) groups is 4. The van der Waals surface area contributed by atoms with Crippen molar-refractivity contribution in [3.05, 3.63) is 122 Å². The first-order valence-electron chi connectivity index (χ1n) is 34.1. The molecule has 10 rings (SSSR count). The van der Waals surface area contributed by atoms with E-state index in [9.17, 15) is 41.3 Å². The second-order valence-corrected chi connectivity index (χ2v) is 30.5. The van der Waals surface area contributed by atoms with Gasteiger partial charge in [0.05, 0.1) is 71.6 Å². The number of rotatable bonds is 31. The van der Waals surface area contributed by atoms with Crippen LogP contribution in [-0.4, -0.2) is 189 Å². The summed E-state index contributed by atoms with van der Waals surface area (Å²) in [6.45, 7) is 16.3. The number of unbranched alkanes of at least 4 members (excludes halogenated alkanes) is 2. The predicted molar refractivity (Wildman–Crippen MR) is 365 cm³/mol. The number of hydrogen-bond acceptors (Lipinski definition) is 16. The van der Waals surface area contributed by atoms with Crippen LogP contribution in [0, 0.1) is 23.8 Å². The van der Waals surface area contributed by atoms with Crippen molar-refractivity contribution >= 4 is 72.4 Å². The third kappa shape index (κ3) is 19.3. The molecule has 0 radical (unpaired) electrons. The Morgan fingerprint density at radius 2 is 1.21 bits per heavy atom. The van der Waals surface area contributed by atoms with E-state index in [1.165, 1.54) is 18.6 Å². The minimum Gasteiger partial charge on any atom is -0.484 e. The number of piperidine rings is 1. The minimum atomic E-state index is -4.08. The number of sulfonamides is 1. The summed E-state index contributed by atoms with van der Waals surface area (Å²) in [5.41, 5.74) is 4.66. The molecule has 22 nitrogen and oxygen atoms in total. The topological polar surface area (TPSA) is 263 Å². The van der Waals surface area contributed by atoms with Crippen molar-refractivity contribution in [3.8, 4) is 17.6 Å². The molecule has 6 atom stereocenters. The number of nitrogens with one attached hydrogen (secondary N) is 4. The fourth-order valence-electron chi connectivity index (χ4n) is 14.2. The Labute approximate surface area is 575 Å². The quantitative estimate of drug-likeness (QED) is 0.0271. The number of halogens is 2. The molecule has 0 saturated carbocycles. The molecule has 4 amide bonds. The fourth-order valence-corrected chi connectivity index (χ4v) is 17.5. The monoisotopic (exact) mass is 1400 g/mol. The Morgan fingerprint density at radius 3 is 1.88 bits per heavy atom. The van der Waals surface area contributed by atoms with Crippen LogP contribution in [0.1, 0.15) is 136 Å². The first kappa shape index (κ1) is 72.3. The van der Waals surface area contributed by atoms with E-state index in [1.54, 1.807) is 58.3 Å². The van der Waals surface area contributed by atoms with E-state index in [2.05, 4.69) is 41.4 Å². The summed E-state index contributed by atoms with van der Waals surface area (Å²) in [7, 11) is -7.92. The Balaban J connectivity index is 0.555. The van der Waals surface area contributed by atoms with Crippen molar-refractivity contribution in [1.82, 2.24) is 40.3 Å². The van der Waals surface area contributed by atoms with Gasteiger partial charge in [-0.05, 0) is 185 Å². The van der Waals surface area contributed by atoms with E-state index >= 15 is 0 Å². The lowest BCUT2D eigenvalue weighted by Crippen LogP contribution is -2.50. The normalized spacial score (nSPS) is 21.9. The number of hydrogen-bond donors (Lipinski definition) is 4. The molecule has 4 aromatic rings. The highest BCUT2D eigenvalue weighted by molar-refractivity contribution is 7.91. The Kier molecular flexibility index (Phi) is 26.3. The number of likely N-dealkylation sites (tertiary alicyclic amines) is 3. The first-order valence-corrected chi connectivity index (χ1v) is 38.0. The molecule has 4 N–H and O–H groups in total. The molecule has 96 heavy (non-hydrogen) atoms. The van der Waals surface area contributed by atoms with Gasteiger partial charge in [-0.3, -0.25) is 24.2 Å². The molecule has 26 heteroatoms. The summed E-state index contributed by atoms with van der Waals surface area (Å²) in [6.07, 6.45) is 11.0. The molecule has 4 aliphatic heterocycles. The highest BCUT2D eigenvalue weighted by Crippen LogP contribution is 2.45. The molecule has 2 aliphatic carbocycles. The van der Waals surface area contributed by atoms with Crippen LogP contribution in [0.25, 0.3) is 4.85 Å². The SMILES string of the molecule is [C-]#[N+]c1cc(Cl)cc2c1C[C@H](N1CCCCC1)[C@H]2Oc1ccc(S(=O)(=O)CC2CCCCN(CCOCCNC(=O)NCCCCCC(=O)CCCOCCN3CCCCC(NS(=O)(=O)c4ccc(O[C@H]5c6cc(Cl)cc(C#N)c6C[C@@H]5N5CCNCC5)cc4)C3=O)C2=O)cc1. The van der Waals surface area contributed by atoms with Gasteiger partial charge in [0.1, 0.15) is 35.5 Å². The lowest BCUT2D eigenvalue weighted by molar-refractivity contribution is -0.135. The number of ketones is 1. The molecule has 4 aromatic carbocycles. The maximum Gasteiger partial charge on any atom is 0.314 e. The van der Waals surface area contributed by atoms with Crippen LogP contribution in [-0.2, 0) is 56.6 Å². The lowest BCUT2D eigenvalue weighted by Gasteiger charge is -2.36. The number of carbonyl (C=O) groups excluding carboxylic acids is 4. The molecule has 0 spiro atoms. The number of nitriles is 1. The minimum absolute atomic E-state index is 0.00476. The van der Waals surface area contributed by atoms with E-state index < -0.39 is 37.9 Å².